The summed E-state index contributed by atoms with van der Waals surface area (Å²) in [6, 6.07) is 9.93. The van der Waals surface area contributed by atoms with Crippen molar-refractivity contribution < 1.29 is 22.7 Å². The lowest BCUT2D eigenvalue weighted by atomic mass is 10.0. The van der Waals surface area contributed by atoms with E-state index in [1.165, 1.54) is 12.1 Å². The minimum absolute atomic E-state index is 0.0687. The highest BCUT2D eigenvalue weighted by Crippen LogP contribution is 2.30. The molecule has 0 fully saturated rings. The molecule has 0 atom stereocenters. The van der Waals surface area contributed by atoms with Gasteiger partial charge >= 0.3 is 0 Å². The largest absolute Gasteiger partial charge is 0.493 e. The van der Waals surface area contributed by atoms with Crippen LogP contribution in [-0.4, -0.2) is 35.1 Å². The third kappa shape index (κ3) is 5.70. The lowest BCUT2D eigenvalue weighted by Crippen LogP contribution is -2.27. The fourth-order valence-corrected chi connectivity index (χ4v) is 3.16. The zero-order valence-electron chi connectivity index (χ0n) is 15.6. The molecule has 146 valence electrons. The summed E-state index contributed by atoms with van der Waals surface area (Å²) >= 11 is 0. The molecule has 0 spiro atoms. The van der Waals surface area contributed by atoms with Gasteiger partial charge in [-0.25, -0.2) is 13.6 Å². The van der Waals surface area contributed by atoms with Crippen LogP contribution < -0.4 is 19.9 Å². The Bertz CT molecular complexity index is 908. The number of hydrogen-bond donors (Lipinski definition) is 2. The van der Waals surface area contributed by atoms with E-state index >= 15 is 0 Å². The summed E-state index contributed by atoms with van der Waals surface area (Å²) in [6.07, 6.45) is 0.818. The number of nitrogens with two attached hydrogens (primary N) is 1. The number of ether oxygens (including phenoxy) is 2. The van der Waals surface area contributed by atoms with Gasteiger partial charge in [-0.2, -0.15) is 0 Å². The van der Waals surface area contributed by atoms with Crippen molar-refractivity contribution in [2.45, 2.75) is 24.7 Å². The summed E-state index contributed by atoms with van der Waals surface area (Å²) in [4.78, 5) is 12.3. The second kappa shape index (κ2) is 8.88. The molecule has 2 rings (SSSR count). The first kappa shape index (κ1) is 20.7. The molecule has 0 aliphatic rings. The van der Waals surface area contributed by atoms with Gasteiger partial charge in [0.05, 0.1) is 25.5 Å². The van der Waals surface area contributed by atoms with Crippen molar-refractivity contribution >= 4 is 15.9 Å². The molecule has 3 N–H and O–H groups in total. The standard InChI is InChI=1S/C19H24N2O5S/c1-13-10-17(25-2)18(26-3)11-15(13)12-19(22)21-9-8-14-4-6-16(7-5-14)27(20,23)24/h4-7,10-11H,8-9,12H2,1-3H3,(H,21,22)(H2,20,23,24). The summed E-state index contributed by atoms with van der Waals surface area (Å²) in [6.45, 7) is 2.36. The van der Waals surface area contributed by atoms with Gasteiger partial charge in [0, 0.05) is 6.54 Å². The number of amides is 1. The minimum Gasteiger partial charge on any atom is -0.493 e. The van der Waals surface area contributed by atoms with E-state index in [4.69, 9.17) is 14.6 Å². The van der Waals surface area contributed by atoms with Crippen molar-refractivity contribution in [3.8, 4) is 11.5 Å². The van der Waals surface area contributed by atoms with E-state index in [-0.39, 0.29) is 17.2 Å². The van der Waals surface area contributed by atoms with Crippen molar-refractivity contribution in [2.75, 3.05) is 20.8 Å². The molecule has 2 aromatic rings. The normalized spacial score (nSPS) is 11.1. The molecule has 0 bridgehead atoms. The van der Waals surface area contributed by atoms with Crippen molar-refractivity contribution in [1.29, 1.82) is 0 Å². The maximum Gasteiger partial charge on any atom is 0.238 e. The summed E-state index contributed by atoms with van der Waals surface area (Å²) in [5.74, 6) is 1.11. The maximum absolute atomic E-state index is 12.2. The quantitative estimate of drug-likeness (QED) is 0.709. The number of methoxy groups -OCH3 is 2. The van der Waals surface area contributed by atoms with E-state index in [1.54, 1.807) is 32.4 Å². The van der Waals surface area contributed by atoms with Crippen LogP contribution in [0.25, 0.3) is 0 Å². The van der Waals surface area contributed by atoms with E-state index in [2.05, 4.69) is 5.32 Å². The Hall–Kier alpha value is -2.58. The number of sulfonamides is 1. The van der Waals surface area contributed by atoms with Crippen LogP contribution in [0.1, 0.15) is 16.7 Å². The fourth-order valence-electron chi connectivity index (χ4n) is 2.64. The van der Waals surface area contributed by atoms with Crippen LogP contribution in [-0.2, 0) is 27.7 Å². The molecule has 7 nitrogen and oxygen atoms in total. The van der Waals surface area contributed by atoms with E-state index in [1.807, 2.05) is 13.0 Å². The van der Waals surface area contributed by atoms with Crippen molar-refractivity contribution in [1.82, 2.24) is 5.32 Å². The highest BCUT2D eigenvalue weighted by atomic mass is 32.2. The predicted octanol–water partition coefficient (Wildman–Crippen LogP) is 1.56. The molecular formula is C19H24N2O5S. The molecule has 0 aliphatic carbocycles. The van der Waals surface area contributed by atoms with Gasteiger partial charge in [0.1, 0.15) is 0 Å². The third-order valence-electron chi connectivity index (χ3n) is 4.18. The molecule has 0 heterocycles. The summed E-state index contributed by atoms with van der Waals surface area (Å²) < 4.78 is 33.0. The zero-order chi connectivity index (χ0) is 20.0. The summed E-state index contributed by atoms with van der Waals surface area (Å²) in [7, 11) is -0.570. The Morgan fingerprint density at radius 1 is 1.07 bits per heavy atom. The van der Waals surface area contributed by atoms with Crippen molar-refractivity contribution in [3.63, 3.8) is 0 Å². The van der Waals surface area contributed by atoms with Gasteiger partial charge in [-0.15, -0.1) is 0 Å². The van der Waals surface area contributed by atoms with Crippen LogP contribution in [0.3, 0.4) is 0 Å². The molecule has 2 aromatic carbocycles. The number of benzene rings is 2. The van der Waals surface area contributed by atoms with Gasteiger partial charge in [0.2, 0.25) is 15.9 Å². The zero-order valence-corrected chi connectivity index (χ0v) is 16.4. The fraction of sp³-hybridized carbons (Fsp3) is 0.316. The number of carbonyl (C=O) groups excluding carboxylic acids is 1. The minimum atomic E-state index is -3.69. The van der Waals surface area contributed by atoms with Crippen LogP contribution >= 0.6 is 0 Å². The molecule has 0 radical (unpaired) electrons. The van der Waals surface area contributed by atoms with Gasteiger partial charge in [-0.3, -0.25) is 4.79 Å². The van der Waals surface area contributed by atoms with E-state index in [0.717, 1.165) is 16.7 Å². The van der Waals surface area contributed by atoms with Crippen molar-refractivity contribution in [2.24, 2.45) is 5.14 Å². The van der Waals surface area contributed by atoms with Gasteiger partial charge < -0.3 is 14.8 Å². The average Bonchev–Trinajstić information content (AvgIpc) is 2.62. The van der Waals surface area contributed by atoms with Crippen molar-refractivity contribution in [3.05, 3.63) is 53.1 Å². The van der Waals surface area contributed by atoms with E-state index in [0.29, 0.717) is 24.5 Å². The van der Waals surface area contributed by atoms with E-state index in [9.17, 15) is 13.2 Å². The van der Waals surface area contributed by atoms with Crippen LogP contribution in [0.5, 0.6) is 11.5 Å². The molecule has 27 heavy (non-hydrogen) atoms. The first-order chi connectivity index (χ1) is 12.7. The van der Waals surface area contributed by atoms with E-state index < -0.39 is 10.0 Å². The summed E-state index contributed by atoms with van der Waals surface area (Å²) in [5, 5.41) is 7.93. The second-order valence-corrected chi connectivity index (χ2v) is 7.66. The first-order valence-electron chi connectivity index (χ1n) is 8.34. The molecule has 8 heteroatoms. The highest BCUT2D eigenvalue weighted by molar-refractivity contribution is 7.89. The molecule has 0 aromatic heterocycles. The highest BCUT2D eigenvalue weighted by Gasteiger charge is 2.12. The van der Waals surface area contributed by atoms with Crippen LogP contribution in [0.2, 0.25) is 0 Å². The molecule has 0 aliphatic heterocycles. The Morgan fingerprint density at radius 2 is 1.67 bits per heavy atom. The maximum atomic E-state index is 12.2. The smallest absolute Gasteiger partial charge is 0.238 e. The predicted molar refractivity (Wildman–Crippen MR) is 103 cm³/mol. The molecule has 0 unspecified atom stereocenters. The monoisotopic (exact) mass is 392 g/mol. The van der Waals surface area contributed by atoms with Crippen LogP contribution in [0.4, 0.5) is 0 Å². The van der Waals surface area contributed by atoms with Gasteiger partial charge in [-0.1, -0.05) is 12.1 Å². The second-order valence-electron chi connectivity index (χ2n) is 6.10. The van der Waals surface area contributed by atoms with Crippen LogP contribution in [0, 0.1) is 6.92 Å². The average molecular weight is 392 g/mol. The van der Waals surface area contributed by atoms with Crippen LogP contribution in [0.15, 0.2) is 41.3 Å². The number of aryl methyl sites for hydroxylation is 1. The molecule has 1 amide bonds. The lowest BCUT2D eigenvalue weighted by Gasteiger charge is -2.13. The Morgan fingerprint density at radius 3 is 2.22 bits per heavy atom. The molecular weight excluding hydrogens is 368 g/mol. The number of nitrogens with one attached hydrogen (secondary N) is 1. The molecule has 0 saturated carbocycles. The number of hydrogen-bond acceptors (Lipinski definition) is 5. The topological polar surface area (TPSA) is 108 Å². The SMILES string of the molecule is COc1cc(C)c(CC(=O)NCCc2ccc(S(N)(=O)=O)cc2)cc1OC. The Kier molecular flexibility index (Phi) is 6.81. The molecule has 0 saturated heterocycles. The Labute approximate surface area is 159 Å². The number of rotatable bonds is 8. The van der Waals surface area contributed by atoms with Gasteiger partial charge in [0.25, 0.3) is 0 Å². The first-order valence-corrected chi connectivity index (χ1v) is 9.89. The lowest BCUT2D eigenvalue weighted by molar-refractivity contribution is -0.120. The number of carbonyl (C=O) groups is 1. The Balaban J connectivity index is 1.91. The third-order valence-corrected chi connectivity index (χ3v) is 5.11. The number of primary sulfonamides is 1. The summed E-state index contributed by atoms with van der Waals surface area (Å²) in [5.41, 5.74) is 2.72. The van der Waals surface area contributed by atoms with Gasteiger partial charge in [-0.05, 0) is 54.3 Å². The van der Waals surface area contributed by atoms with Gasteiger partial charge in [0.15, 0.2) is 11.5 Å².